The largest absolute Gasteiger partial charge is 0.343 e. The molecule has 6 nitrogen and oxygen atoms in total. The van der Waals surface area contributed by atoms with Crippen LogP contribution in [0.1, 0.15) is 23.0 Å². The zero-order valence-corrected chi connectivity index (χ0v) is 13.2. The number of amides is 1. The number of nitrogens with one attached hydrogen (secondary N) is 1. The second-order valence-electron chi connectivity index (χ2n) is 4.54. The second kappa shape index (κ2) is 6.09. The standard InChI is InChI=1S/C14H14BrN3O3/c1-3-17-8-10(15)7-13(17)14(19)16-12-5-4-11(18(20)21)6-9(12)2/h4-8H,3H2,1-2H3,(H,16,19). The van der Waals surface area contributed by atoms with Crippen molar-refractivity contribution < 1.29 is 9.72 Å². The van der Waals surface area contributed by atoms with Gasteiger partial charge in [-0.2, -0.15) is 0 Å². The number of anilines is 1. The molecular formula is C14H14BrN3O3. The number of nitrogens with zero attached hydrogens (tertiary/aromatic N) is 2. The maximum absolute atomic E-state index is 12.3. The maximum atomic E-state index is 12.3. The van der Waals surface area contributed by atoms with Crippen molar-refractivity contribution in [1.82, 2.24) is 4.57 Å². The highest BCUT2D eigenvalue weighted by Crippen LogP contribution is 2.22. The summed E-state index contributed by atoms with van der Waals surface area (Å²) in [5.74, 6) is -0.250. The first-order valence-corrected chi connectivity index (χ1v) is 7.13. The lowest BCUT2D eigenvalue weighted by Crippen LogP contribution is -2.17. The molecule has 0 aliphatic heterocycles. The van der Waals surface area contributed by atoms with Crippen LogP contribution in [-0.4, -0.2) is 15.4 Å². The number of carbonyl (C=O) groups is 1. The predicted molar refractivity (Wildman–Crippen MR) is 83.6 cm³/mol. The third-order valence-electron chi connectivity index (χ3n) is 3.11. The van der Waals surface area contributed by atoms with E-state index in [1.165, 1.54) is 12.1 Å². The Morgan fingerprint density at radius 3 is 2.71 bits per heavy atom. The molecule has 0 radical (unpaired) electrons. The number of non-ortho nitro benzene ring substituents is 1. The number of hydrogen-bond donors (Lipinski definition) is 1. The van der Waals surface area contributed by atoms with Crippen molar-refractivity contribution in [2.45, 2.75) is 20.4 Å². The van der Waals surface area contributed by atoms with Crippen molar-refractivity contribution in [3.63, 3.8) is 0 Å². The maximum Gasteiger partial charge on any atom is 0.272 e. The molecule has 21 heavy (non-hydrogen) atoms. The van der Waals surface area contributed by atoms with E-state index >= 15 is 0 Å². The Balaban J connectivity index is 2.25. The third kappa shape index (κ3) is 3.30. The van der Waals surface area contributed by atoms with E-state index in [2.05, 4.69) is 21.2 Å². The van der Waals surface area contributed by atoms with E-state index in [9.17, 15) is 14.9 Å². The smallest absolute Gasteiger partial charge is 0.272 e. The van der Waals surface area contributed by atoms with Gasteiger partial charge in [0.25, 0.3) is 11.6 Å². The van der Waals surface area contributed by atoms with E-state index in [0.29, 0.717) is 23.5 Å². The van der Waals surface area contributed by atoms with Crippen molar-refractivity contribution in [1.29, 1.82) is 0 Å². The van der Waals surface area contributed by atoms with Crippen molar-refractivity contribution in [3.05, 3.63) is 56.3 Å². The van der Waals surface area contributed by atoms with Crippen LogP contribution in [0, 0.1) is 17.0 Å². The lowest BCUT2D eigenvalue weighted by Gasteiger charge is -2.09. The quantitative estimate of drug-likeness (QED) is 0.673. The minimum absolute atomic E-state index is 0.00479. The average molecular weight is 352 g/mol. The molecule has 0 fully saturated rings. The summed E-state index contributed by atoms with van der Waals surface area (Å²) in [6.07, 6.45) is 1.83. The van der Waals surface area contributed by atoms with E-state index < -0.39 is 4.92 Å². The van der Waals surface area contributed by atoms with Crippen molar-refractivity contribution in [2.24, 2.45) is 0 Å². The first-order valence-electron chi connectivity index (χ1n) is 6.34. The lowest BCUT2D eigenvalue weighted by atomic mass is 10.1. The van der Waals surface area contributed by atoms with Crippen LogP contribution in [0.4, 0.5) is 11.4 Å². The predicted octanol–water partition coefficient (Wildman–Crippen LogP) is 3.74. The van der Waals surface area contributed by atoms with Gasteiger partial charge in [0.2, 0.25) is 0 Å². The molecule has 1 heterocycles. The Morgan fingerprint density at radius 2 is 2.14 bits per heavy atom. The molecular weight excluding hydrogens is 338 g/mol. The molecule has 2 aromatic rings. The Hall–Kier alpha value is -2.15. The van der Waals surface area contributed by atoms with Crippen molar-refractivity contribution in [2.75, 3.05) is 5.32 Å². The molecule has 2 rings (SSSR count). The summed E-state index contributed by atoms with van der Waals surface area (Å²) in [6.45, 7) is 4.34. The van der Waals surface area contributed by atoms with Crippen LogP contribution in [0.2, 0.25) is 0 Å². The van der Waals surface area contributed by atoms with Gasteiger partial charge in [-0.15, -0.1) is 0 Å². The summed E-state index contributed by atoms with van der Waals surface area (Å²) in [6, 6.07) is 6.08. The summed E-state index contributed by atoms with van der Waals surface area (Å²) in [4.78, 5) is 22.5. The SMILES string of the molecule is CCn1cc(Br)cc1C(=O)Nc1ccc([N+](=O)[O-])cc1C. The minimum Gasteiger partial charge on any atom is -0.343 e. The molecule has 1 N–H and O–H groups in total. The molecule has 0 saturated carbocycles. The minimum atomic E-state index is -0.460. The van der Waals surface area contributed by atoms with Crippen LogP contribution >= 0.6 is 15.9 Å². The molecule has 0 saturated heterocycles. The van der Waals surface area contributed by atoms with Gasteiger partial charge in [0.1, 0.15) is 5.69 Å². The molecule has 0 spiro atoms. The fourth-order valence-corrected chi connectivity index (χ4v) is 2.48. The van der Waals surface area contributed by atoms with Crippen LogP contribution < -0.4 is 5.32 Å². The number of halogens is 1. The van der Waals surface area contributed by atoms with E-state index in [1.807, 2.05) is 17.7 Å². The molecule has 0 bridgehead atoms. The normalized spacial score (nSPS) is 10.4. The van der Waals surface area contributed by atoms with Crippen molar-refractivity contribution >= 4 is 33.2 Å². The fraction of sp³-hybridized carbons (Fsp3) is 0.214. The molecule has 0 aliphatic carbocycles. The second-order valence-corrected chi connectivity index (χ2v) is 5.46. The van der Waals surface area contributed by atoms with Crippen molar-refractivity contribution in [3.8, 4) is 0 Å². The molecule has 0 unspecified atom stereocenters. The van der Waals surface area contributed by atoms with Crippen LogP contribution in [0.25, 0.3) is 0 Å². The Labute approximate surface area is 130 Å². The highest BCUT2D eigenvalue weighted by Gasteiger charge is 2.15. The van der Waals surface area contributed by atoms with E-state index in [-0.39, 0.29) is 11.6 Å². The van der Waals surface area contributed by atoms with Crippen LogP contribution in [-0.2, 0) is 6.54 Å². The van der Waals surface area contributed by atoms with Crippen LogP contribution in [0.3, 0.4) is 0 Å². The van der Waals surface area contributed by atoms with E-state index in [4.69, 9.17) is 0 Å². The topological polar surface area (TPSA) is 77.2 Å². The molecule has 0 aliphatic rings. The number of rotatable bonds is 4. The van der Waals surface area contributed by atoms with Crippen LogP contribution in [0.5, 0.6) is 0 Å². The van der Waals surface area contributed by atoms with Gasteiger partial charge in [0, 0.05) is 35.0 Å². The highest BCUT2D eigenvalue weighted by atomic mass is 79.9. The lowest BCUT2D eigenvalue weighted by molar-refractivity contribution is -0.384. The van der Waals surface area contributed by atoms with Gasteiger partial charge < -0.3 is 9.88 Å². The summed E-state index contributed by atoms with van der Waals surface area (Å²) in [5, 5.41) is 13.5. The Bertz CT molecular complexity index is 709. The zero-order valence-electron chi connectivity index (χ0n) is 11.6. The fourth-order valence-electron chi connectivity index (χ4n) is 2.01. The Kier molecular flexibility index (Phi) is 4.42. The third-order valence-corrected chi connectivity index (χ3v) is 3.54. The highest BCUT2D eigenvalue weighted by molar-refractivity contribution is 9.10. The number of carbonyl (C=O) groups excluding carboxylic acids is 1. The van der Waals surface area contributed by atoms with Gasteiger partial charge >= 0.3 is 0 Å². The number of nitro groups is 1. The first-order chi connectivity index (χ1) is 9.92. The number of nitro benzene ring substituents is 1. The summed E-state index contributed by atoms with van der Waals surface area (Å²) >= 11 is 3.34. The summed E-state index contributed by atoms with van der Waals surface area (Å²) in [5.41, 5.74) is 1.74. The van der Waals surface area contributed by atoms with Crippen LogP contribution in [0.15, 0.2) is 34.9 Å². The average Bonchev–Trinajstić information content (AvgIpc) is 2.82. The number of benzene rings is 1. The van der Waals surface area contributed by atoms with Gasteiger partial charge in [-0.25, -0.2) is 0 Å². The molecule has 110 valence electrons. The summed E-state index contributed by atoms with van der Waals surface area (Å²) < 4.78 is 2.65. The molecule has 1 aromatic heterocycles. The molecule has 7 heteroatoms. The summed E-state index contributed by atoms with van der Waals surface area (Å²) in [7, 11) is 0. The van der Waals surface area contributed by atoms with Gasteiger partial charge in [0.15, 0.2) is 0 Å². The number of aryl methyl sites for hydroxylation is 2. The molecule has 1 amide bonds. The van der Waals surface area contributed by atoms with Gasteiger partial charge in [-0.3, -0.25) is 14.9 Å². The van der Waals surface area contributed by atoms with Gasteiger partial charge in [-0.05, 0) is 47.5 Å². The molecule has 0 atom stereocenters. The number of aromatic nitrogens is 1. The molecule has 1 aromatic carbocycles. The number of hydrogen-bond acceptors (Lipinski definition) is 3. The van der Waals surface area contributed by atoms with E-state index in [1.54, 1.807) is 19.1 Å². The monoisotopic (exact) mass is 351 g/mol. The van der Waals surface area contributed by atoms with E-state index in [0.717, 1.165) is 4.47 Å². The van der Waals surface area contributed by atoms with Gasteiger partial charge in [0.05, 0.1) is 4.92 Å². The Morgan fingerprint density at radius 1 is 1.43 bits per heavy atom. The zero-order chi connectivity index (χ0) is 15.6. The van der Waals surface area contributed by atoms with Gasteiger partial charge in [-0.1, -0.05) is 0 Å². The first kappa shape index (κ1) is 15.2.